The van der Waals surface area contributed by atoms with E-state index in [1.165, 1.54) is 6.08 Å². The van der Waals surface area contributed by atoms with Gasteiger partial charge in [-0.25, -0.2) is 0 Å². The van der Waals surface area contributed by atoms with Crippen molar-refractivity contribution >= 4 is 11.8 Å². The Labute approximate surface area is 148 Å². The molecule has 3 fully saturated rings. The van der Waals surface area contributed by atoms with Gasteiger partial charge in [-0.2, -0.15) is 0 Å². The Kier molecular flexibility index (Phi) is 3.92. The van der Waals surface area contributed by atoms with E-state index in [1.54, 1.807) is 12.2 Å². The Morgan fingerprint density at radius 1 is 1.32 bits per heavy atom. The van der Waals surface area contributed by atoms with Crippen LogP contribution >= 0.6 is 0 Å². The zero-order valence-corrected chi connectivity index (χ0v) is 14.7. The fourth-order valence-electron chi connectivity index (χ4n) is 6.20. The van der Waals surface area contributed by atoms with E-state index in [4.69, 9.17) is 10.5 Å². The van der Waals surface area contributed by atoms with Crippen LogP contribution in [0.15, 0.2) is 23.8 Å². The van der Waals surface area contributed by atoms with Gasteiger partial charge in [0.25, 0.3) is 0 Å². The van der Waals surface area contributed by atoms with Gasteiger partial charge in [-0.3, -0.25) is 9.59 Å². The van der Waals surface area contributed by atoms with E-state index in [1.807, 2.05) is 0 Å². The summed E-state index contributed by atoms with van der Waals surface area (Å²) in [5.74, 6) is 0.654. The zero-order valence-electron chi connectivity index (χ0n) is 14.7. The molecule has 25 heavy (non-hydrogen) atoms. The maximum absolute atomic E-state index is 11.7. The average molecular weight is 345 g/mol. The number of allylic oxidation sites excluding steroid dienone is 2. The van der Waals surface area contributed by atoms with Gasteiger partial charge < -0.3 is 15.6 Å². The van der Waals surface area contributed by atoms with Gasteiger partial charge in [0.2, 0.25) is 0 Å². The van der Waals surface area contributed by atoms with E-state index in [9.17, 15) is 14.7 Å². The van der Waals surface area contributed by atoms with E-state index in [0.717, 1.165) is 44.1 Å². The van der Waals surface area contributed by atoms with Crippen LogP contribution < -0.4 is 5.73 Å². The molecule has 0 aliphatic heterocycles. The van der Waals surface area contributed by atoms with Gasteiger partial charge in [0.15, 0.2) is 5.78 Å². The second-order valence-electron chi connectivity index (χ2n) is 8.45. The number of ether oxygens (including phenoxy) is 1. The Hall–Kier alpha value is -1.46. The minimum atomic E-state index is -0.968. The molecule has 5 nitrogen and oxygen atoms in total. The van der Waals surface area contributed by atoms with Crippen LogP contribution in [0.4, 0.5) is 0 Å². The number of hydrogen-bond donors (Lipinski definition) is 2. The minimum absolute atomic E-state index is 0.0200. The Balaban J connectivity index is 1.60. The van der Waals surface area contributed by atoms with Crippen LogP contribution in [-0.2, 0) is 14.3 Å². The summed E-state index contributed by atoms with van der Waals surface area (Å²) in [5, 5.41) is 11.3. The molecule has 0 aromatic carbocycles. The van der Waals surface area contributed by atoms with Crippen LogP contribution in [0, 0.1) is 23.2 Å². The molecule has 0 radical (unpaired) electrons. The van der Waals surface area contributed by atoms with Crippen molar-refractivity contribution in [2.45, 2.75) is 57.2 Å². The van der Waals surface area contributed by atoms with Crippen LogP contribution in [0.25, 0.3) is 0 Å². The first-order chi connectivity index (χ1) is 11.9. The fraction of sp³-hybridized carbons (Fsp3) is 0.700. The van der Waals surface area contributed by atoms with Gasteiger partial charge in [-0.1, -0.05) is 6.92 Å². The highest BCUT2D eigenvalue weighted by Gasteiger charge is 2.60. The third-order valence-electron chi connectivity index (χ3n) is 7.44. The fourth-order valence-corrected chi connectivity index (χ4v) is 6.20. The predicted molar refractivity (Wildman–Crippen MR) is 92.4 cm³/mol. The van der Waals surface area contributed by atoms with Crippen LogP contribution in [-0.4, -0.2) is 35.1 Å². The number of rotatable bonds is 2. The maximum Gasteiger partial charge on any atom is 0.319 e. The molecular formula is C20H27NO4. The highest BCUT2D eigenvalue weighted by molar-refractivity contribution is 6.01. The first-order valence-corrected chi connectivity index (χ1v) is 9.44. The molecule has 0 saturated heterocycles. The van der Waals surface area contributed by atoms with Gasteiger partial charge >= 0.3 is 5.97 Å². The number of carbonyl (C=O) groups is 2. The molecule has 0 bridgehead atoms. The lowest BCUT2D eigenvalue weighted by atomic mass is 9.51. The molecule has 4 rings (SSSR count). The van der Waals surface area contributed by atoms with E-state index >= 15 is 0 Å². The van der Waals surface area contributed by atoms with Gasteiger partial charge in [0.1, 0.15) is 11.7 Å². The van der Waals surface area contributed by atoms with Crippen LogP contribution in [0.1, 0.15) is 45.4 Å². The molecule has 136 valence electrons. The standard InChI is InChI=1S/C20H27NO4/c1-19-8-7-16-14(15(19)4-5-17(19)25-18(23)11-21)3-2-12-10-13(22)6-9-20(12,16)24/h6,9-10,14-17,24H,2-5,7-8,11,21H2,1H3/t14-,15-,16-,17-,19-,20+/m0/s1. The van der Waals surface area contributed by atoms with Crippen molar-refractivity contribution in [1.29, 1.82) is 0 Å². The SMILES string of the molecule is C[C@]12CC[C@H]3[C@@H](CCC4=CC(=O)C=C[C@@]43O)[C@@H]1CC[C@@H]2OC(=O)CN. The summed E-state index contributed by atoms with van der Waals surface area (Å²) in [5.41, 5.74) is 5.31. The highest BCUT2D eigenvalue weighted by Crippen LogP contribution is 2.62. The van der Waals surface area contributed by atoms with Crippen molar-refractivity contribution in [2.75, 3.05) is 6.54 Å². The molecule has 0 aromatic rings. The second-order valence-corrected chi connectivity index (χ2v) is 8.45. The molecule has 3 saturated carbocycles. The number of fused-ring (bicyclic) bond motifs is 5. The molecule has 0 spiro atoms. The lowest BCUT2D eigenvalue weighted by Crippen LogP contribution is -2.54. The van der Waals surface area contributed by atoms with Crippen molar-refractivity contribution in [3.05, 3.63) is 23.8 Å². The summed E-state index contributed by atoms with van der Waals surface area (Å²) >= 11 is 0. The molecule has 5 heteroatoms. The van der Waals surface area contributed by atoms with Crippen LogP contribution in [0.2, 0.25) is 0 Å². The van der Waals surface area contributed by atoms with Crippen LogP contribution in [0.5, 0.6) is 0 Å². The van der Waals surface area contributed by atoms with Crippen LogP contribution in [0.3, 0.4) is 0 Å². The zero-order chi connectivity index (χ0) is 17.8. The summed E-state index contributed by atoms with van der Waals surface area (Å²) in [6.45, 7) is 2.17. The molecule has 3 N–H and O–H groups in total. The van der Waals surface area contributed by atoms with Crippen molar-refractivity contribution in [3.63, 3.8) is 0 Å². The third-order valence-corrected chi connectivity index (χ3v) is 7.44. The molecule has 0 heterocycles. The lowest BCUT2D eigenvalue weighted by molar-refractivity contribution is -0.159. The Bertz CT molecular complexity index is 669. The van der Waals surface area contributed by atoms with Gasteiger partial charge in [-0.05, 0) is 80.1 Å². The summed E-state index contributed by atoms with van der Waals surface area (Å²) in [6.07, 6.45) is 10.3. The van der Waals surface area contributed by atoms with E-state index in [2.05, 4.69) is 6.92 Å². The highest BCUT2D eigenvalue weighted by atomic mass is 16.5. The van der Waals surface area contributed by atoms with E-state index in [0.29, 0.717) is 11.8 Å². The first-order valence-electron chi connectivity index (χ1n) is 9.44. The second kappa shape index (κ2) is 5.78. The van der Waals surface area contributed by atoms with Gasteiger partial charge in [0.05, 0.1) is 6.54 Å². The predicted octanol–water partition coefficient (Wildman–Crippen LogP) is 1.89. The van der Waals surface area contributed by atoms with Gasteiger partial charge in [-0.15, -0.1) is 0 Å². The number of nitrogens with two attached hydrogens (primary N) is 1. The van der Waals surface area contributed by atoms with E-state index < -0.39 is 5.60 Å². The summed E-state index contributed by atoms with van der Waals surface area (Å²) in [6, 6.07) is 0. The number of hydrogen-bond acceptors (Lipinski definition) is 5. The monoisotopic (exact) mass is 345 g/mol. The molecule has 4 aliphatic carbocycles. The number of ketones is 1. The smallest absolute Gasteiger partial charge is 0.319 e. The average Bonchev–Trinajstić information content (AvgIpc) is 2.92. The van der Waals surface area contributed by atoms with Crippen molar-refractivity contribution in [1.82, 2.24) is 0 Å². The summed E-state index contributed by atoms with van der Waals surface area (Å²) in [7, 11) is 0. The summed E-state index contributed by atoms with van der Waals surface area (Å²) < 4.78 is 5.66. The first kappa shape index (κ1) is 17.0. The normalized spacial score (nSPS) is 45.2. The van der Waals surface area contributed by atoms with Crippen molar-refractivity contribution < 1.29 is 19.4 Å². The lowest BCUT2D eigenvalue weighted by Gasteiger charge is -2.55. The van der Waals surface area contributed by atoms with Crippen molar-refractivity contribution in [2.24, 2.45) is 28.9 Å². The number of aliphatic hydroxyl groups is 1. The topological polar surface area (TPSA) is 89.6 Å². The van der Waals surface area contributed by atoms with Gasteiger partial charge in [0, 0.05) is 5.41 Å². The number of carbonyl (C=O) groups excluding carboxylic acids is 2. The largest absolute Gasteiger partial charge is 0.461 e. The number of esters is 1. The molecule has 4 aliphatic rings. The Morgan fingerprint density at radius 3 is 2.88 bits per heavy atom. The van der Waals surface area contributed by atoms with E-state index in [-0.39, 0.29) is 35.7 Å². The molecule has 0 aromatic heterocycles. The maximum atomic E-state index is 11.7. The summed E-state index contributed by atoms with van der Waals surface area (Å²) in [4.78, 5) is 23.4. The molecule has 0 amide bonds. The quantitative estimate of drug-likeness (QED) is 0.746. The molecule has 6 atom stereocenters. The molecule has 0 unspecified atom stereocenters. The minimum Gasteiger partial charge on any atom is -0.461 e. The molecular weight excluding hydrogens is 318 g/mol. The Morgan fingerprint density at radius 2 is 2.12 bits per heavy atom. The van der Waals surface area contributed by atoms with Crippen molar-refractivity contribution in [3.8, 4) is 0 Å². The third kappa shape index (κ3) is 2.43.